The van der Waals surface area contributed by atoms with E-state index in [1.165, 1.54) is 0 Å². The largest absolute Gasteiger partial charge is 0.343 e. The molecule has 1 atom stereocenters. The summed E-state index contributed by atoms with van der Waals surface area (Å²) in [6.45, 7) is 1.84. The van der Waals surface area contributed by atoms with E-state index in [0.717, 1.165) is 42.1 Å². The van der Waals surface area contributed by atoms with Crippen LogP contribution in [0.2, 0.25) is 0 Å². The number of carbonyl (C=O) groups is 2. The summed E-state index contributed by atoms with van der Waals surface area (Å²) in [5.74, 6) is 0.0642. The predicted molar refractivity (Wildman–Crippen MR) is 125 cm³/mol. The van der Waals surface area contributed by atoms with Crippen molar-refractivity contribution in [3.8, 4) is 0 Å². The number of nitrogens with one attached hydrogen (secondary N) is 2. The van der Waals surface area contributed by atoms with Crippen LogP contribution in [0.5, 0.6) is 0 Å². The van der Waals surface area contributed by atoms with Crippen molar-refractivity contribution in [1.29, 1.82) is 0 Å². The maximum absolute atomic E-state index is 12.8. The number of piperidine rings is 1. The molecular formula is C25H27N3O2S. The van der Waals surface area contributed by atoms with Gasteiger partial charge in [-0.3, -0.25) is 14.5 Å². The summed E-state index contributed by atoms with van der Waals surface area (Å²) in [5.41, 5.74) is 1.91. The van der Waals surface area contributed by atoms with Crippen LogP contribution in [0.25, 0.3) is 0 Å². The molecule has 2 amide bonds. The molecule has 1 saturated heterocycles. The summed E-state index contributed by atoms with van der Waals surface area (Å²) >= 11 is 1.65. The van der Waals surface area contributed by atoms with Crippen LogP contribution in [-0.4, -0.2) is 36.3 Å². The fourth-order valence-corrected chi connectivity index (χ4v) is 4.75. The lowest BCUT2D eigenvalue weighted by atomic mass is 9.95. The standard InChI is InChI=1S/C25H27N3O2S/c29-23(27-24(22-12-7-17-31-22)19-8-3-1-4-9-19)18-28-15-13-20(14-16-28)25(30)26-21-10-5-2-6-11-21/h1-12,17,20,24H,13-16,18H2,(H,26,30)(H,27,29). The van der Waals surface area contributed by atoms with E-state index in [1.54, 1.807) is 11.3 Å². The molecular weight excluding hydrogens is 406 g/mol. The highest BCUT2D eigenvalue weighted by atomic mass is 32.1. The highest BCUT2D eigenvalue weighted by Gasteiger charge is 2.27. The number of hydrogen-bond donors (Lipinski definition) is 2. The molecule has 4 rings (SSSR count). The molecule has 0 spiro atoms. The van der Waals surface area contributed by atoms with Crippen molar-refractivity contribution in [3.05, 3.63) is 88.6 Å². The van der Waals surface area contributed by atoms with Crippen molar-refractivity contribution >= 4 is 28.8 Å². The Hall–Kier alpha value is -2.96. The minimum absolute atomic E-state index is 0.00874. The van der Waals surface area contributed by atoms with Gasteiger partial charge in [0.2, 0.25) is 11.8 Å². The zero-order valence-corrected chi connectivity index (χ0v) is 18.2. The molecule has 1 unspecified atom stereocenters. The van der Waals surface area contributed by atoms with E-state index in [4.69, 9.17) is 0 Å². The molecule has 0 aliphatic carbocycles. The van der Waals surface area contributed by atoms with Gasteiger partial charge in [0.1, 0.15) is 0 Å². The molecule has 1 aliphatic heterocycles. The Labute approximate surface area is 187 Å². The Balaban J connectivity index is 1.29. The number of rotatable bonds is 7. The molecule has 0 radical (unpaired) electrons. The van der Waals surface area contributed by atoms with Crippen LogP contribution in [0.15, 0.2) is 78.2 Å². The number of carbonyl (C=O) groups excluding carboxylic acids is 2. The third-order valence-electron chi connectivity index (χ3n) is 5.63. The van der Waals surface area contributed by atoms with E-state index >= 15 is 0 Å². The van der Waals surface area contributed by atoms with E-state index < -0.39 is 0 Å². The van der Waals surface area contributed by atoms with Crippen molar-refractivity contribution in [2.24, 2.45) is 5.92 Å². The first-order valence-electron chi connectivity index (χ1n) is 10.6. The van der Waals surface area contributed by atoms with Gasteiger partial charge < -0.3 is 10.6 Å². The Morgan fingerprint density at radius 1 is 0.935 bits per heavy atom. The predicted octanol–water partition coefficient (Wildman–Crippen LogP) is 4.30. The van der Waals surface area contributed by atoms with Crippen LogP contribution in [-0.2, 0) is 9.59 Å². The first-order chi connectivity index (χ1) is 15.2. The molecule has 160 valence electrons. The Morgan fingerprint density at radius 3 is 2.26 bits per heavy atom. The lowest BCUT2D eigenvalue weighted by Crippen LogP contribution is -2.44. The third-order valence-corrected chi connectivity index (χ3v) is 6.57. The van der Waals surface area contributed by atoms with E-state index in [9.17, 15) is 9.59 Å². The Kier molecular flexibility index (Phi) is 7.12. The van der Waals surface area contributed by atoms with Crippen LogP contribution >= 0.6 is 11.3 Å². The van der Waals surface area contributed by atoms with E-state index in [1.807, 2.05) is 72.1 Å². The summed E-state index contributed by atoms with van der Waals surface area (Å²) in [6.07, 6.45) is 1.53. The maximum atomic E-state index is 12.8. The Morgan fingerprint density at radius 2 is 1.61 bits per heavy atom. The highest BCUT2D eigenvalue weighted by Crippen LogP contribution is 2.26. The molecule has 5 nitrogen and oxygen atoms in total. The molecule has 2 N–H and O–H groups in total. The number of hydrogen-bond acceptors (Lipinski definition) is 4. The molecule has 0 bridgehead atoms. The van der Waals surface area contributed by atoms with Gasteiger partial charge in [-0.1, -0.05) is 54.6 Å². The topological polar surface area (TPSA) is 61.4 Å². The molecule has 1 aromatic heterocycles. The molecule has 31 heavy (non-hydrogen) atoms. The first-order valence-corrected chi connectivity index (χ1v) is 11.5. The maximum Gasteiger partial charge on any atom is 0.234 e. The number of thiophene rings is 1. The van der Waals surface area contributed by atoms with Crippen molar-refractivity contribution in [3.63, 3.8) is 0 Å². The number of benzene rings is 2. The summed E-state index contributed by atoms with van der Waals surface area (Å²) in [6, 6.07) is 23.5. The monoisotopic (exact) mass is 433 g/mol. The normalized spacial score (nSPS) is 15.9. The van der Waals surface area contributed by atoms with Gasteiger partial charge in [0.05, 0.1) is 12.6 Å². The van der Waals surface area contributed by atoms with E-state index in [2.05, 4.69) is 21.6 Å². The van der Waals surface area contributed by atoms with Crippen LogP contribution in [0.3, 0.4) is 0 Å². The summed E-state index contributed by atoms with van der Waals surface area (Å²) < 4.78 is 0. The van der Waals surface area contributed by atoms with Gasteiger partial charge in [0.25, 0.3) is 0 Å². The number of anilines is 1. The Bertz CT molecular complexity index is 969. The van der Waals surface area contributed by atoms with Crippen LogP contribution < -0.4 is 10.6 Å². The lowest BCUT2D eigenvalue weighted by molar-refractivity contribution is -0.123. The number of para-hydroxylation sites is 1. The van der Waals surface area contributed by atoms with Crippen molar-refractivity contribution < 1.29 is 9.59 Å². The molecule has 1 fully saturated rings. The minimum Gasteiger partial charge on any atom is -0.343 e. The fraction of sp³-hybridized carbons (Fsp3) is 0.280. The molecule has 3 aromatic rings. The van der Waals surface area contributed by atoms with Crippen LogP contribution in [0.4, 0.5) is 5.69 Å². The van der Waals surface area contributed by atoms with Gasteiger partial charge in [0.15, 0.2) is 0 Å². The number of amides is 2. The second-order valence-electron chi connectivity index (χ2n) is 7.83. The highest BCUT2D eigenvalue weighted by molar-refractivity contribution is 7.10. The fourth-order valence-electron chi connectivity index (χ4n) is 3.95. The van der Waals surface area contributed by atoms with Crippen LogP contribution in [0.1, 0.15) is 29.3 Å². The average molecular weight is 434 g/mol. The minimum atomic E-state index is -0.136. The molecule has 2 aromatic carbocycles. The van der Waals surface area contributed by atoms with Gasteiger partial charge in [-0.2, -0.15) is 0 Å². The van der Waals surface area contributed by atoms with Gasteiger partial charge in [-0.25, -0.2) is 0 Å². The first kappa shape index (κ1) is 21.3. The van der Waals surface area contributed by atoms with Crippen molar-refractivity contribution in [2.75, 3.05) is 25.0 Å². The van der Waals surface area contributed by atoms with Gasteiger partial charge >= 0.3 is 0 Å². The molecule has 2 heterocycles. The second-order valence-corrected chi connectivity index (χ2v) is 8.81. The lowest BCUT2D eigenvalue weighted by Gasteiger charge is -2.31. The summed E-state index contributed by atoms with van der Waals surface area (Å²) in [4.78, 5) is 28.6. The number of nitrogens with zero attached hydrogens (tertiary/aromatic N) is 1. The third kappa shape index (κ3) is 5.81. The van der Waals surface area contributed by atoms with Gasteiger partial charge in [0, 0.05) is 16.5 Å². The quantitative estimate of drug-likeness (QED) is 0.584. The second kappa shape index (κ2) is 10.4. The average Bonchev–Trinajstić information content (AvgIpc) is 3.34. The van der Waals surface area contributed by atoms with Gasteiger partial charge in [-0.05, 0) is 55.1 Å². The van der Waals surface area contributed by atoms with E-state index in [-0.39, 0.29) is 23.8 Å². The molecule has 1 aliphatic rings. The smallest absolute Gasteiger partial charge is 0.234 e. The number of likely N-dealkylation sites (tertiary alicyclic amines) is 1. The van der Waals surface area contributed by atoms with E-state index in [0.29, 0.717) is 6.54 Å². The zero-order valence-electron chi connectivity index (χ0n) is 17.4. The van der Waals surface area contributed by atoms with Crippen LogP contribution in [0, 0.1) is 5.92 Å². The SMILES string of the molecule is O=C(CN1CCC(C(=O)Nc2ccccc2)CC1)NC(c1ccccc1)c1cccs1. The van der Waals surface area contributed by atoms with Crippen molar-refractivity contribution in [1.82, 2.24) is 10.2 Å². The zero-order chi connectivity index (χ0) is 21.5. The summed E-state index contributed by atoms with van der Waals surface area (Å²) in [5, 5.41) is 8.22. The van der Waals surface area contributed by atoms with Crippen molar-refractivity contribution in [2.45, 2.75) is 18.9 Å². The molecule has 6 heteroatoms. The summed E-state index contributed by atoms with van der Waals surface area (Å²) in [7, 11) is 0. The molecule has 0 saturated carbocycles. The van der Waals surface area contributed by atoms with Gasteiger partial charge in [-0.15, -0.1) is 11.3 Å².